The summed E-state index contributed by atoms with van der Waals surface area (Å²) in [6.45, 7) is 4.25. The van der Waals surface area contributed by atoms with Crippen molar-refractivity contribution in [3.8, 4) is 0 Å². The van der Waals surface area contributed by atoms with Crippen LogP contribution in [0.2, 0.25) is 0 Å². The molecular weight excluding hydrogens is 279 g/mol. The van der Waals surface area contributed by atoms with Crippen molar-refractivity contribution in [2.75, 3.05) is 37.1 Å². The Balaban J connectivity index is 2.61. The van der Waals surface area contributed by atoms with Gasteiger partial charge in [-0.1, -0.05) is 0 Å². The van der Waals surface area contributed by atoms with Gasteiger partial charge < -0.3 is 9.64 Å². The second kappa shape index (κ2) is 7.60. The largest absolute Gasteiger partial charge is 0.416 e. The van der Waals surface area contributed by atoms with Gasteiger partial charge in [-0.15, -0.1) is 11.6 Å². The van der Waals surface area contributed by atoms with Crippen LogP contribution in [0.4, 0.5) is 18.9 Å². The quantitative estimate of drug-likeness (QED) is 0.560. The van der Waals surface area contributed by atoms with E-state index in [9.17, 15) is 13.2 Å². The molecule has 0 saturated carbocycles. The predicted octanol–water partition coefficient (Wildman–Crippen LogP) is 3.79. The fourth-order valence-electron chi connectivity index (χ4n) is 1.66. The van der Waals surface area contributed by atoms with Gasteiger partial charge in [0.25, 0.3) is 0 Å². The molecule has 0 saturated heterocycles. The number of hydrogen-bond acceptors (Lipinski definition) is 2. The van der Waals surface area contributed by atoms with Crippen molar-refractivity contribution in [2.45, 2.75) is 13.1 Å². The fraction of sp³-hybridized carbons (Fsp3) is 0.538. The number of benzene rings is 1. The summed E-state index contributed by atoms with van der Waals surface area (Å²) in [5, 5.41) is 0. The van der Waals surface area contributed by atoms with Gasteiger partial charge in [-0.3, -0.25) is 0 Å². The Labute approximate surface area is 116 Å². The van der Waals surface area contributed by atoms with E-state index in [2.05, 4.69) is 0 Å². The molecule has 2 nitrogen and oxygen atoms in total. The molecule has 0 aliphatic heterocycles. The SMILES string of the molecule is CCN(CCOCCCl)c1ccc(C(F)(F)F)cc1. The van der Waals surface area contributed by atoms with Gasteiger partial charge in [-0.2, -0.15) is 13.2 Å². The maximum Gasteiger partial charge on any atom is 0.416 e. The Morgan fingerprint density at radius 2 is 1.79 bits per heavy atom. The first-order chi connectivity index (χ1) is 8.99. The lowest BCUT2D eigenvalue weighted by Gasteiger charge is -2.23. The van der Waals surface area contributed by atoms with Gasteiger partial charge in [-0.25, -0.2) is 0 Å². The van der Waals surface area contributed by atoms with Crippen LogP contribution < -0.4 is 4.90 Å². The molecule has 1 rings (SSSR count). The van der Waals surface area contributed by atoms with Crippen LogP contribution in [0, 0.1) is 0 Å². The lowest BCUT2D eigenvalue weighted by Crippen LogP contribution is -2.27. The Morgan fingerprint density at radius 1 is 1.16 bits per heavy atom. The van der Waals surface area contributed by atoms with Crippen LogP contribution in [-0.4, -0.2) is 32.2 Å². The molecule has 0 radical (unpaired) electrons. The molecule has 6 heteroatoms. The molecule has 0 unspecified atom stereocenters. The van der Waals surface area contributed by atoms with E-state index in [1.807, 2.05) is 11.8 Å². The highest BCUT2D eigenvalue weighted by molar-refractivity contribution is 6.17. The van der Waals surface area contributed by atoms with Crippen LogP contribution in [0.1, 0.15) is 12.5 Å². The Bertz CT molecular complexity index is 367. The number of nitrogens with zero attached hydrogens (tertiary/aromatic N) is 1. The van der Waals surface area contributed by atoms with Gasteiger partial charge in [0.1, 0.15) is 0 Å². The average molecular weight is 296 g/mol. The van der Waals surface area contributed by atoms with Gasteiger partial charge in [0.2, 0.25) is 0 Å². The number of halogens is 4. The number of ether oxygens (including phenoxy) is 1. The summed E-state index contributed by atoms with van der Waals surface area (Å²) in [6.07, 6.45) is -4.29. The highest BCUT2D eigenvalue weighted by Gasteiger charge is 2.30. The van der Waals surface area contributed by atoms with Crippen LogP contribution in [0.25, 0.3) is 0 Å². The summed E-state index contributed by atoms with van der Waals surface area (Å²) >= 11 is 5.48. The number of rotatable bonds is 7. The summed E-state index contributed by atoms with van der Waals surface area (Å²) in [5.41, 5.74) is 0.121. The van der Waals surface area contributed by atoms with Gasteiger partial charge in [0, 0.05) is 24.7 Å². The van der Waals surface area contributed by atoms with E-state index < -0.39 is 11.7 Å². The van der Waals surface area contributed by atoms with E-state index in [0.29, 0.717) is 32.2 Å². The fourth-order valence-corrected chi connectivity index (χ4v) is 1.77. The zero-order valence-electron chi connectivity index (χ0n) is 10.7. The third kappa shape index (κ3) is 5.28. The normalized spacial score (nSPS) is 11.6. The minimum absolute atomic E-state index is 0.437. The van der Waals surface area contributed by atoms with Gasteiger partial charge in [-0.05, 0) is 31.2 Å². The van der Waals surface area contributed by atoms with Crippen molar-refractivity contribution in [3.63, 3.8) is 0 Å². The monoisotopic (exact) mass is 295 g/mol. The van der Waals surface area contributed by atoms with Crippen molar-refractivity contribution in [2.24, 2.45) is 0 Å². The van der Waals surface area contributed by atoms with E-state index >= 15 is 0 Å². The summed E-state index contributed by atoms with van der Waals surface area (Å²) in [7, 11) is 0. The first kappa shape index (κ1) is 16.1. The van der Waals surface area contributed by atoms with E-state index in [-0.39, 0.29) is 0 Å². The number of hydrogen-bond donors (Lipinski definition) is 0. The first-order valence-electron chi connectivity index (χ1n) is 6.05. The van der Waals surface area contributed by atoms with Crippen molar-refractivity contribution >= 4 is 17.3 Å². The molecule has 0 spiro atoms. The lowest BCUT2D eigenvalue weighted by molar-refractivity contribution is -0.137. The molecule has 0 heterocycles. The van der Waals surface area contributed by atoms with Crippen LogP contribution in [0.5, 0.6) is 0 Å². The maximum absolute atomic E-state index is 12.4. The van der Waals surface area contributed by atoms with E-state index in [1.54, 1.807) is 0 Å². The summed E-state index contributed by atoms with van der Waals surface area (Å²) in [4.78, 5) is 1.95. The standard InChI is InChI=1S/C13H17ClF3NO/c1-2-18(8-10-19-9-7-14)12-5-3-11(4-6-12)13(15,16)17/h3-6H,2,7-10H2,1H3. The minimum atomic E-state index is -4.29. The number of likely N-dealkylation sites (N-methyl/N-ethyl adjacent to an activating group) is 1. The molecule has 0 amide bonds. The lowest BCUT2D eigenvalue weighted by atomic mass is 10.2. The summed E-state index contributed by atoms with van der Waals surface area (Å²) < 4.78 is 42.6. The summed E-state index contributed by atoms with van der Waals surface area (Å²) in [5.74, 6) is 0.437. The van der Waals surface area contributed by atoms with Crippen LogP contribution >= 0.6 is 11.6 Å². The Kier molecular flexibility index (Phi) is 6.45. The number of anilines is 1. The molecule has 108 valence electrons. The molecule has 0 bridgehead atoms. The molecule has 0 aromatic heterocycles. The van der Waals surface area contributed by atoms with Gasteiger partial charge in [0.05, 0.1) is 18.8 Å². The zero-order chi connectivity index (χ0) is 14.3. The van der Waals surface area contributed by atoms with Crippen LogP contribution in [-0.2, 0) is 10.9 Å². The highest BCUT2D eigenvalue weighted by atomic mass is 35.5. The highest BCUT2D eigenvalue weighted by Crippen LogP contribution is 2.30. The molecule has 0 aliphatic carbocycles. The molecule has 19 heavy (non-hydrogen) atoms. The maximum atomic E-state index is 12.4. The van der Waals surface area contributed by atoms with Crippen molar-refractivity contribution < 1.29 is 17.9 Å². The van der Waals surface area contributed by atoms with Gasteiger partial charge in [0.15, 0.2) is 0 Å². The van der Waals surface area contributed by atoms with E-state index in [1.165, 1.54) is 12.1 Å². The average Bonchev–Trinajstić information content (AvgIpc) is 2.38. The molecule has 0 atom stereocenters. The molecule has 0 aliphatic rings. The molecular formula is C13H17ClF3NO. The second-order valence-corrected chi connectivity index (χ2v) is 4.30. The van der Waals surface area contributed by atoms with Crippen LogP contribution in [0.15, 0.2) is 24.3 Å². The predicted molar refractivity (Wildman–Crippen MR) is 70.9 cm³/mol. The van der Waals surface area contributed by atoms with Crippen molar-refractivity contribution in [3.05, 3.63) is 29.8 Å². The molecule has 1 aromatic rings. The van der Waals surface area contributed by atoms with E-state index in [0.717, 1.165) is 17.8 Å². The topological polar surface area (TPSA) is 12.5 Å². The third-order valence-electron chi connectivity index (χ3n) is 2.67. The third-order valence-corrected chi connectivity index (χ3v) is 2.82. The second-order valence-electron chi connectivity index (χ2n) is 3.93. The molecule has 0 N–H and O–H groups in total. The number of alkyl halides is 4. The van der Waals surface area contributed by atoms with Crippen molar-refractivity contribution in [1.82, 2.24) is 0 Å². The van der Waals surface area contributed by atoms with Gasteiger partial charge >= 0.3 is 6.18 Å². The minimum Gasteiger partial charge on any atom is -0.378 e. The van der Waals surface area contributed by atoms with Crippen molar-refractivity contribution in [1.29, 1.82) is 0 Å². The Hall–Kier alpha value is -0.940. The first-order valence-corrected chi connectivity index (χ1v) is 6.58. The Morgan fingerprint density at radius 3 is 2.26 bits per heavy atom. The summed E-state index contributed by atoms with van der Waals surface area (Å²) in [6, 6.07) is 5.15. The zero-order valence-corrected chi connectivity index (χ0v) is 11.5. The smallest absolute Gasteiger partial charge is 0.378 e. The molecule has 1 aromatic carbocycles. The van der Waals surface area contributed by atoms with E-state index in [4.69, 9.17) is 16.3 Å². The molecule has 0 fully saturated rings. The van der Waals surface area contributed by atoms with Crippen LogP contribution in [0.3, 0.4) is 0 Å².